The molecule has 30 heavy (non-hydrogen) atoms. The van der Waals surface area contributed by atoms with E-state index < -0.39 is 0 Å². The minimum Gasteiger partial charge on any atom is -0.508 e. The summed E-state index contributed by atoms with van der Waals surface area (Å²) >= 11 is 6.10. The molecule has 3 aromatic heterocycles. The number of nitrogens with one attached hydrogen (secondary N) is 2. The normalized spacial score (nSPS) is 10.7. The Morgan fingerprint density at radius 2 is 2.20 bits per heavy atom. The van der Waals surface area contributed by atoms with Crippen molar-refractivity contribution in [2.24, 2.45) is 0 Å². The summed E-state index contributed by atoms with van der Waals surface area (Å²) in [4.78, 5) is 15.9. The van der Waals surface area contributed by atoms with Gasteiger partial charge in [0.2, 0.25) is 5.95 Å². The van der Waals surface area contributed by atoms with E-state index in [0.29, 0.717) is 40.0 Å². The highest BCUT2D eigenvalue weighted by molar-refractivity contribution is 6.31. The molecule has 0 aliphatic carbocycles. The zero-order valence-corrected chi connectivity index (χ0v) is 16.5. The number of H-pyrrole nitrogens is 1. The average Bonchev–Trinajstić information content (AvgIpc) is 3.38. The zero-order valence-electron chi connectivity index (χ0n) is 15.7. The van der Waals surface area contributed by atoms with Crippen molar-refractivity contribution >= 4 is 17.5 Å². The first-order valence-electron chi connectivity index (χ1n) is 9.11. The van der Waals surface area contributed by atoms with Crippen LogP contribution in [0.4, 0.5) is 5.95 Å². The Bertz CT molecular complexity index is 1180. The maximum absolute atomic E-state index is 9.93. The highest BCUT2D eigenvalue weighted by Gasteiger charge is 2.16. The number of hydrogen-bond acceptors (Lipinski definition) is 7. The van der Waals surface area contributed by atoms with E-state index in [9.17, 15) is 5.11 Å². The van der Waals surface area contributed by atoms with Crippen LogP contribution in [0.1, 0.15) is 5.69 Å². The number of nitrogens with zero attached hydrogens (tertiary/aromatic N) is 6. The van der Waals surface area contributed by atoms with E-state index in [-0.39, 0.29) is 12.3 Å². The number of rotatable bonds is 7. The van der Waals surface area contributed by atoms with Crippen molar-refractivity contribution in [2.75, 3.05) is 11.9 Å². The average molecular weight is 421 g/mol. The molecule has 0 fully saturated rings. The number of hydrogen-bond donors (Lipinski definition) is 3. The van der Waals surface area contributed by atoms with Crippen molar-refractivity contribution in [3.63, 3.8) is 0 Å². The molecule has 1 aromatic carbocycles. The fraction of sp³-hybridized carbons (Fsp3) is 0.150. The van der Waals surface area contributed by atoms with E-state index in [1.807, 2.05) is 0 Å². The molecule has 0 spiro atoms. The standard InChI is InChI=1S/C20H17ClN8O/c21-14-7-13(8-16(30)9-14)19-17(11-29(28-19)6-3-22)18-2-5-25-20(27-18)24-4-1-15-10-23-12-26-15/h2,5,7-12,30H,1,4,6H2,(H,23,26)(H,24,25,27). The van der Waals surface area contributed by atoms with Crippen LogP contribution < -0.4 is 5.32 Å². The third-order valence-electron chi connectivity index (χ3n) is 4.31. The Labute approximate surface area is 177 Å². The Morgan fingerprint density at radius 3 is 2.97 bits per heavy atom. The first kappa shape index (κ1) is 19.4. The van der Waals surface area contributed by atoms with Crippen LogP contribution in [0.2, 0.25) is 5.02 Å². The minimum absolute atomic E-state index is 0.0298. The Hall–Kier alpha value is -3.90. The molecule has 0 aliphatic heterocycles. The van der Waals surface area contributed by atoms with Gasteiger partial charge in [0.15, 0.2) is 0 Å². The summed E-state index contributed by atoms with van der Waals surface area (Å²) in [6.07, 6.45) is 7.56. The molecule has 0 atom stereocenters. The highest BCUT2D eigenvalue weighted by Crippen LogP contribution is 2.33. The molecule has 150 valence electrons. The van der Waals surface area contributed by atoms with E-state index in [4.69, 9.17) is 16.9 Å². The quantitative estimate of drug-likeness (QED) is 0.418. The van der Waals surface area contributed by atoms with Crippen LogP contribution in [-0.2, 0) is 13.0 Å². The maximum atomic E-state index is 9.93. The number of benzene rings is 1. The number of aromatic hydroxyl groups is 1. The molecule has 3 heterocycles. The van der Waals surface area contributed by atoms with Gasteiger partial charge < -0.3 is 15.4 Å². The van der Waals surface area contributed by atoms with Gasteiger partial charge in [-0.25, -0.2) is 15.0 Å². The third-order valence-corrected chi connectivity index (χ3v) is 4.53. The number of aromatic amines is 1. The second-order valence-electron chi connectivity index (χ2n) is 6.46. The Kier molecular flexibility index (Phi) is 5.59. The summed E-state index contributed by atoms with van der Waals surface area (Å²) in [5, 5.41) is 27.0. The molecule has 4 rings (SSSR count). The van der Waals surface area contributed by atoms with E-state index in [1.54, 1.807) is 43.1 Å². The van der Waals surface area contributed by atoms with E-state index in [2.05, 4.69) is 36.4 Å². The molecule has 0 bridgehead atoms. The van der Waals surface area contributed by atoms with Gasteiger partial charge in [0, 0.05) is 53.4 Å². The summed E-state index contributed by atoms with van der Waals surface area (Å²) in [6, 6.07) is 8.56. The van der Waals surface area contributed by atoms with Gasteiger partial charge >= 0.3 is 0 Å². The van der Waals surface area contributed by atoms with Crippen molar-refractivity contribution in [2.45, 2.75) is 13.0 Å². The lowest BCUT2D eigenvalue weighted by molar-refractivity contribution is 0.475. The van der Waals surface area contributed by atoms with Crippen molar-refractivity contribution in [1.29, 1.82) is 5.26 Å². The van der Waals surface area contributed by atoms with Gasteiger partial charge in [-0.3, -0.25) is 4.68 Å². The molecule has 10 heteroatoms. The Morgan fingerprint density at radius 1 is 1.30 bits per heavy atom. The maximum Gasteiger partial charge on any atom is 0.223 e. The van der Waals surface area contributed by atoms with Gasteiger partial charge in [0.05, 0.1) is 18.1 Å². The smallest absolute Gasteiger partial charge is 0.223 e. The van der Waals surface area contributed by atoms with Crippen molar-refractivity contribution in [3.8, 4) is 34.3 Å². The van der Waals surface area contributed by atoms with Crippen LogP contribution in [0.25, 0.3) is 22.5 Å². The van der Waals surface area contributed by atoms with Crippen LogP contribution >= 0.6 is 11.6 Å². The molecule has 0 amide bonds. The van der Waals surface area contributed by atoms with Crippen LogP contribution in [0.15, 0.2) is 49.2 Å². The molecule has 0 radical (unpaired) electrons. The molecule has 0 saturated carbocycles. The number of anilines is 1. The second-order valence-corrected chi connectivity index (χ2v) is 6.90. The number of phenols is 1. The number of phenolic OH excluding ortho intramolecular Hbond substituents is 1. The molecule has 9 nitrogen and oxygen atoms in total. The number of imidazole rings is 1. The largest absolute Gasteiger partial charge is 0.508 e. The zero-order chi connectivity index (χ0) is 20.9. The fourth-order valence-corrected chi connectivity index (χ4v) is 3.24. The summed E-state index contributed by atoms with van der Waals surface area (Å²) in [5.41, 5.74) is 3.53. The molecular formula is C20H17ClN8O. The molecule has 0 unspecified atom stereocenters. The molecule has 0 aliphatic rings. The van der Waals surface area contributed by atoms with Gasteiger partial charge in [-0.1, -0.05) is 11.6 Å². The summed E-state index contributed by atoms with van der Waals surface area (Å²) in [7, 11) is 0. The third kappa shape index (κ3) is 4.39. The molecule has 0 saturated heterocycles. The molecule has 3 N–H and O–H groups in total. The molecule has 4 aromatic rings. The van der Waals surface area contributed by atoms with Crippen LogP contribution in [0.3, 0.4) is 0 Å². The van der Waals surface area contributed by atoms with Gasteiger partial charge in [-0.2, -0.15) is 10.4 Å². The second kappa shape index (κ2) is 8.63. The topological polar surface area (TPSA) is 128 Å². The monoisotopic (exact) mass is 420 g/mol. The predicted octanol–water partition coefficient (Wildman–Crippen LogP) is 3.27. The summed E-state index contributed by atoms with van der Waals surface area (Å²) < 4.78 is 1.52. The van der Waals surface area contributed by atoms with Crippen molar-refractivity contribution < 1.29 is 5.11 Å². The first-order valence-corrected chi connectivity index (χ1v) is 9.49. The van der Waals surface area contributed by atoms with Gasteiger partial charge in [-0.05, 0) is 24.3 Å². The van der Waals surface area contributed by atoms with Crippen LogP contribution in [0, 0.1) is 11.3 Å². The fourth-order valence-electron chi connectivity index (χ4n) is 3.01. The number of aromatic nitrogens is 6. The lowest BCUT2D eigenvalue weighted by Gasteiger charge is -2.07. The van der Waals surface area contributed by atoms with Gasteiger partial charge in [0.1, 0.15) is 18.0 Å². The SMILES string of the molecule is N#CCn1cc(-c2ccnc(NCCc3cnc[nH]3)n2)c(-c2cc(O)cc(Cl)c2)n1. The van der Waals surface area contributed by atoms with Gasteiger partial charge in [0.25, 0.3) is 0 Å². The van der Waals surface area contributed by atoms with Crippen LogP contribution in [-0.4, -0.2) is 41.4 Å². The summed E-state index contributed by atoms with van der Waals surface area (Å²) in [5.74, 6) is 0.502. The summed E-state index contributed by atoms with van der Waals surface area (Å²) in [6.45, 7) is 0.717. The highest BCUT2D eigenvalue weighted by atomic mass is 35.5. The van der Waals surface area contributed by atoms with E-state index in [0.717, 1.165) is 12.1 Å². The lowest BCUT2D eigenvalue weighted by Crippen LogP contribution is -2.08. The van der Waals surface area contributed by atoms with E-state index >= 15 is 0 Å². The Balaban J connectivity index is 1.65. The van der Waals surface area contributed by atoms with Crippen molar-refractivity contribution in [3.05, 3.63) is 59.9 Å². The minimum atomic E-state index is 0.0298. The first-order chi connectivity index (χ1) is 14.6. The number of halogens is 1. The number of nitriles is 1. The van der Waals surface area contributed by atoms with E-state index in [1.165, 1.54) is 10.7 Å². The van der Waals surface area contributed by atoms with Crippen LogP contribution in [0.5, 0.6) is 5.75 Å². The van der Waals surface area contributed by atoms with Gasteiger partial charge in [-0.15, -0.1) is 0 Å². The lowest BCUT2D eigenvalue weighted by atomic mass is 10.1. The molecular weight excluding hydrogens is 404 g/mol. The predicted molar refractivity (Wildman–Crippen MR) is 112 cm³/mol. The van der Waals surface area contributed by atoms with Crippen molar-refractivity contribution in [1.82, 2.24) is 29.7 Å².